The smallest absolute Gasteiger partial charge is 0.225 e. The molecule has 1 fully saturated rings. The van der Waals surface area contributed by atoms with E-state index in [4.69, 9.17) is 4.98 Å². The molecular weight excluding hydrogens is 329 g/mol. The van der Waals surface area contributed by atoms with Crippen molar-refractivity contribution in [3.8, 4) is 0 Å². The maximum atomic E-state index is 13.2. The lowest BCUT2D eigenvalue weighted by atomic mass is 9.82. The van der Waals surface area contributed by atoms with Gasteiger partial charge in [0.2, 0.25) is 5.95 Å². The van der Waals surface area contributed by atoms with Crippen LogP contribution in [0.5, 0.6) is 0 Å². The van der Waals surface area contributed by atoms with Crippen LogP contribution in [0.4, 0.5) is 10.3 Å². The Hall–Kier alpha value is -2.30. The molecule has 1 saturated heterocycles. The molecule has 5 heteroatoms. The van der Waals surface area contributed by atoms with E-state index in [0.717, 1.165) is 30.3 Å². The van der Waals surface area contributed by atoms with Crippen LogP contribution in [0.3, 0.4) is 0 Å². The third-order valence-electron chi connectivity index (χ3n) is 5.52. The van der Waals surface area contributed by atoms with Crippen molar-refractivity contribution in [1.82, 2.24) is 9.97 Å². The molecule has 0 radical (unpaired) electrons. The highest BCUT2D eigenvalue weighted by atomic mass is 19.1. The molecule has 1 aromatic carbocycles. The van der Waals surface area contributed by atoms with E-state index in [1.54, 1.807) is 18.3 Å². The summed E-state index contributed by atoms with van der Waals surface area (Å²) in [6.45, 7) is 6.43. The number of aromatic nitrogens is 2. The summed E-state index contributed by atoms with van der Waals surface area (Å²) >= 11 is 0. The fourth-order valence-electron chi connectivity index (χ4n) is 4.38. The zero-order valence-corrected chi connectivity index (χ0v) is 15.3. The molecule has 0 unspecified atom stereocenters. The number of rotatable bonds is 2. The minimum atomic E-state index is -0.255. The van der Waals surface area contributed by atoms with Gasteiger partial charge in [0.15, 0.2) is 5.78 Å². The van der Waals surface area contributed by atoms with E-state index in [0.29, 0.717) is 30.2 Å². The zero-order valence-electron chi connectivity index (χ0n) is 15.3. The Bertz CT molecular complexity index is 811. The lowest BCUT2D eigenvalue weighted by Gasteiger charge is -2.35. The summed E-state index contributed by atoms with van der Waals surface area (Å²) in [6.07, 6.45) is 4.05. The molecule has 26 heavy (non-hydrogen) atoms. The molecular formula is C21H24FN3O. The molecule has 2 heterocycles. The molecule has 136 valence electrons. The molecule has 4 rings (SSSR count). The number of nitrogens with zero attached hydrogens (tertiary/aromatic N) is 3. The van der Waals surface area contributed by atoms with Crippen molar-refractivity contribution in [3.05, 3.63) is 53.1 Å². The van der Waals surface area contributed by atoms with Crippen LogP contribution in [0.25, 0.3) is 0 Å². The van der Waals surface area contributed by atoms with Crippen LogP contribution in [0.1, 0.15) is 54.2 Å². The summed E-state index contributed by atoms with van der Waals surface area (Å²) in [6, 6.07) is 6.46. The molecule has 1 aliphatic carbocycles. The van der Waals surface area contributed by atoms with Gasteiger partial charge in [-0.15, -0.1) is 0 Å². The third kappa shape index (κ3) is 3.35. The molecule has 4 nitrogen and oxygen atoms in total. The second-order valence-corrected chi connectivity index (χ2v) is 7.96. The number of carbonyl (C=O) groups excluding carboxylic acids is 1. The number of hydrogen-bond acceptors (Lipinski definition) is 4. The topological polar surface area (TPSA) is 46.1 Å². The number of ketones is 1. The van der Waals surface area contributed by atoms with Crippen LogP contribution in [-0.4, -0.2) is 28.8 Å². The number of hydrogen-bond donors (Lipinski definition) is 0. The number of carbonyl (C=O) groups is 1. The molecule has 2 aromatic rings. The first-order valence-electron chi connectivity index (χ1n) is 9.39. The first kappa shape index (κ1) is 17.1. The molecule has 1 aliphatic heterocycles. The van der Waals surface area contributed by atoms with Crippen molar-refractivity contribution >= 4 is 11.7 Å². The molecule has 0 spiro atoms. The monoisotopic (exact) mass is 353 g/mol. The van der Waals surface area contributed by atoms with Crippen LogP contribution in [0.15, 0.2) is 30.5 Å². The van der Waals surface area contributed by atoms with Crippen molar-refractivity contribution in [2.45, 2.75) is 39.0 Å². The highest BCUT2D eigenvalue weighted by Crippen LogP contribution is 2.33. The molecule has 3 atom stereocenters. The average Bonchev–Trinajstić information content (AvgIpc) is 2.61. The van der Waals surface area contributed by atoms with Gasteiger partial charge in [-0.2, -0.15) is 0 Å². The third-order valence-corrected chi connectivity index (χ3v) is 5.52. The van der Waals surface area contributed by atoms with Crippen molar-refractivity contribution in [2.75, 3.05) is 18.0 Å². The summed E-state index contributed by atoms with van der Waals surface area (Å²) in [5, 5.41) is 0. The first-order valence-corrected chi connectivity index (χ1v) is 9.39. The number of Topliss-reactive ketones (excluding diaryl/α,β-unsaturated/α-hetero) is 1. The van der Waals surface area contributed by atoms with Crippen molar-refractivity contribution in [1.29, 1.82) is 0 Å². The van der Waals surface area contributed by atoms with E-state index in [-0.39, 0.29) is 17.5 Å². The van der Waals surface area contributed by atoms with Gasteiger partial charge in [0.05, 0.1) is 11.3 Å². The second kappa shape index (κ2) is 6.78. The minimum Gasteiger partial charge on any atom is -0.340 e. The molecule has 1 aromatic heterocycles. The van der Waals surface area contributed by atoms with Gasteiger partial charge >= 0.3 is 0 Å². The maximum Gasteiger partial charge on any atom is 0.225 e. The highest BCUT2D eigenvalue weighted by molar-refractivity contribution is 5.98. The summed E-state index contributed by atoms with van der Waals surface area (Å²) in [4.78, 5) is 24.1. The highest BCUT2D eigenvalue weighted by Gasteiger charge is 2.30. The first-order chi connectivity index (χ1) is 12.5. The quantitative estimate of drug-likeness (QED) is 0.818. The second-order valence-electron chi connectivity index (χ2n) is 7.96. The fraction of sp³-hybridized carbons (Fsp3) is 0.476. The van der Waals surface area contributed by atoms with E-state index in [1.165, 1.54) is 18.6 Å². The minimum absolute atomic E-state index is 0.0533. The largest absolute Gasteiger partial charge is 0.340 e. The Labute approximate surface area is 153 Å². The zero-order chi connectivity index (χ0) is 18.3. The Balaban J connectivity index is 1.61. The van der Waals surface area contributed by atoms with Gasteiger partial charge < -0.3 is 4.90 Å². The van der Waals surface area contributed by atoms with Crippen LogP contribution in [0, 0.1) is 17.7 Å². The molecule has 0 bridgehead atoms. The van der Waals surface area contributed by atoms with E-state index in [2.05, 4.69) is 23.7 Å². The normalized spacial score (nSPS) is 25.9. The van der Waals surface area contributed by atoms with Crippen molar-refractivity contribution in [2.24, 2.45) is 11.8 Å². The van der Waals surface area contributed by atoms with E-state index < -0.39 is 0 Å². The molecule has 2 aliphatic rings. The number of fused-ring (bicyclic) bond motifs is 1. The molecule has 0 saturated carbocycles. The molecule has 0 amide bonds. The van der Waals surface area contributed by atoms with Gasteiger partial charge in [0.25, 0.3) is 0 Å². The summed E-state index contributed by atoms with van der Waals surface area (Å²) in [5.41, 5.74) is 2.46. The van der Waals surface area contributed by atoms with Gasteiger partial charge in [-0.3, -0.25) is 4.79 Å². The lowest BCUT2D eigenvalue weighted by Crippen LogP contribution is -2.40. The van der Waals surface area contributed by atoms with Crippen LogP contribution < -0.4 is 4.90 Å². The summed E-state index contributed by atoms with van der Waals surface area (Å²) in [5.74, 6) is 1.84. The number of piperidine rings is 1. The Morgan fingerprint density at radius 1 is 1.08 bits per heavy atom. The predicted octanol–water partition coefficient (Wildman–Crippen LogP) is 4.01. The molecule has 0 N–H and O–H groups in total. The number of halogens is 1. The van der Waals surface area contributed by atoms with E-state index >= 15 is 0 Å². The summed E-state index contributed by atoms with van der Waals surface area (Å²) < 4.78 is 13.2. The van der Waals surface area contributed by atoms with Crippen LogP contribution in [0.2, 0.25) is 0 Å². The van der Waals surface area contributed by atoms with Crippen LogP contribution in [-0.2, 0) is 6.42 Å². The number of benzene rings is 1. The standard InChI is InChI=1S/C21H24FN3O/c1-13-7-14(2)12-25(11-13)21-23-10-18-19(24-21)8-16(9-20(18)26)15-3-5-17(22)6-4-15/h3-6,10,13-14,16H,7-9,11-12H2,1-2H3/t13-,14-,16-/m0/s1. The van der Waals surface area contributed by atoms with Gasteiger partial charge in [-0.1, -0.05) is 26.0 Å². The van der Waals surface area contributed by atoms with Crippen LogP contribution >= 0.6 is 0 Å². The van der Waals surface area contributed by atoms with Gasteiger partial charge in [-0.25, -0.2) is 14.4 Å². The predicted molar refractivity (Wildman–Crippen MR) is 99.0 cm³/mol. The van der Waals surface area contributed by atoms with Gasteiger partial charge in [0, 0.05) is 25.7 Å². The van der Waals surface area contributed by atoms with Crippen molar-refractivity contribution < 1.29 is 9.18 Å². The van der Waals surface area contributed by atoms with Gasteiger partial charge in [0.1, 0.15) is 5.82 Å². The van der Waals surface area contributed by atoms with E-state index in [9.17, 15) is 9.18 Å². The SMILES string of the molecule is C[C@H]1C[C@H](C)CN(c2ncc3c(n2)C[C@H](c2ccc(F)cc2)CC3=O)C1. The number of anilines is 1. The maximum absolute atomic E-state index is 13.2. The lowest BCUT2D eigenvalue weighted by molar-refractivity contribution is 0.0962. The Kier molecular flexibility index (Phi) is 4.47. The average molecular weight is 353 g/mol. The summed E-state index contributed by atoms with van der Waals surface area (Å²) in [7, 11) is 0. The van der Waals surface area contributed by atoms with Crippen molar-refractivity contribution in [3.63, 3.8) is 0 Å². The van der Waals surface area contributed by atoms with Gasteiger partial charge in [-0.05, 0) is 48.3 Å². The van der Waals surface area contributed by atoms with E-state index in [1.807, 2.05) is 0 Å². The Morgan fingerprint density at radius 2 is 1.77 bits per heavy atom. The Morgan fingerprint density at radius 3 is 2.46 bits per heavy atom. The fourth-order valence-corrected chi connectivity index (χ4v) is 4.38.